The second kappa shape index (κ2) is 6.50. The SMILES string of the molecule is Cn1c(=O)n([C@@H]2CCN(C(=O)NC3CCCCC3)C2)c2ncncc21. The average molecular weight is 344 g/mol. The lowest BCUT2D eigenvalue weighted by Crippen LogP contribution is -2.44. The van der Waals surface area contributed by atoms with Crippen LogP contribution in [0.15, 0.2) is 17.3 Å². The van der Waals surface area contributed by atoms with E-state index in [4.69, 9.17) is 0 Å². The predicted octanol–water partition coefficient (Wildman–Crippen LogP) is 1.42. The number of carbonyl (C=O) groups is 1. The van der Waals surface area contributed by atoms with Gasteiger partial charge in [-0.3, -0.25) is 9.13 Å². The molecule has 0 aromatic carbocycles. The number of fused-ring (bicyclic) bond motifs is 1. The van der Waals surface area contributed by atoms with Crippen molar-refractivity contribution in [3.8, 4) is 0 Å². The molecule has 2 fully saturated rings. The monoisotopic (exact) mass is 344 g/mol. The van der Waals surface area contributed by atoms with Gasteiger partial charge < -0.3 is 10.2 Å². The highest BCUT2D eigenvalue weighted by Crippen LogP contribution is 2.24. The number of hydrogen-bond acceptors (Lipinski definition) is 4. The van der Waals surface area contributed by atoms with Crippen molar-refractivity contribution in [2.75, 3.05) is 13.1 Å². The van der Waals surface area contributed by atoms with Crippen molar-refractivity contribution in [1.82, 2.24) is 29.3 Å². The molecule has 0 radical (unpaired) electrons. The summed E-state index contributed by atoms with van der Waals surface area (Å²) in [5, 5.41) is 3.16. The Morgan fingerprint density at radius 2 is 2.04 bits per heavy atom. The molecule has 8 nitrogen and oxygen atoms in total. The summed E-state index contributed by atoms with van der Waals surface area (Å²) in [5.41, 5.74) is 1.26. The number of rotatable bonds is 2. The van der Waals surface area contributed by atoms with E-state index in [1.165, 1.54) is 25.6 Å². The molecule has 1 saturated heterocycles. The zero-order valence-electron chi connectivity index (χ0n) is 14.5. The molecule has 2 aromatic heterocycles. The molecule has 1 N–H and O–H groups in total. The maximum absolute atomic E-state index is 12.6. The third kappa shape index (κ3) is 2.89. The van der Waals surface area contributed by atoms with Crippen molar-refractivity contribution in [2.45, 2.75) is 50.6 Å². The Bertz CT molecular complexity index is 835. The van der Waals surface area contributed by atoms with Gasteiger partial charge in [0, 0.05) is 26.2 Å². The van der Waals surface area contributed by atoms with Crippen molar-refractivity contribution in [2.24, 2.45) is 7.05 Å². The Labute approximate surface area is 145 Å². The minimum Gasteiger partial charge on any atom is -0.335 e. The summed E-state index contributed by atoms with van der Waals surface area (Å²) >= 11 is 0. The Morgan fingerprint density at radius 3 is 2.84 bits per heavy atom. The van der Waals surface area contributed by atoms with Crippen LogP contribution in [0.2, 0.25) is 0 Å². The van der Waals surface area contributed by atoms with Crippen molar-refractivity contribution >= 4 is 17.2 Å². The minimum absolute atomic E-state index is 0.00249. The number of urea groups is 1. The molecule has 1 saturated carbocycles. The standard InChI is InChI=1S/C17H24N6O2/c1-21-14-9-18-11-19-15(14)23(17(21)25)13-7-8-22(10-13)16(24)20-12-5-3-2-4-6-12/h9,11-13H,2-8,10H2,1H3,(H,20,24)/t13-/m1/s1. The molecule has 0 bridgehead atoms. The van der Waals surface area contributed by atoms with Crippen LogP contribution in [-0.2, 0) is 7.05 Å². The molecule has 2 aliphatic rings. The van der Waals surface area contributed by atoms with E-state index < -0.39 is 0 Å². The fraction of sp³-hybridized carbons (Fsp3) is 0.647. The van der Waals surface area contributed by atoms with Gasteiger partial charge in [-0.05, 0) is 19.3 Å². The predicted molar refractivity (Wildman–Crippen MR) is 93.4 cm³/mol. The molecule has 3 heterocycles. The first-order valence-corrected chi connectivity index (χ1v) is 9.07. The maximum Gasteiger partial charge on any atom is 0.330 e. The van der Waals surface area contributed by atoms with E-state index in [1.807, 2.05) is 4.90 Å². The lowest BCUT2D eigenvalue weighted by molar-refractivity contribution is 0.199. The van der Waals surface area contributed by atoms with E-state index in [9.17, 15) is 9.59 Å². The summed E-state index contributed by atoms with van der Waals surface area (Å²) in [6, 6.07) is 0.258. The first kappa shape index (κ1) is 16.1. The van der Waals surface area contributed by atoms with Gasteiger partial charge >= 0.3 is 11.7 Å². The van der Waals surface area contributed by atoms with Gasteiger partial charge in [0.1, 0.15) is 11.8 Å². The van der Waals surface area contributed by atoms with Gasteiger partial charge in [0.2, 0.25) is 0 Å². The lowest BCUT2D eigenvalue weighted by Gasteiger charge is -2.26. The van der Waals surface area contributed by atoms with Crippen molar-refractivity contribution in [3.05, 3.63) is 23.0 Å². The smallest absolute Gasteiger partial charge is 0.330 e. The highest BCUT2D eigenvalue weighted by Gasteiger charge is 2.31. The summed E-state index contributed by atoms with van der Waals surface area (Å²) in [4.78, 5) is 35.3. The number of aromatic nitrogens is 4. The van der Waals surface area contributed by atoms with E-state index >= 15 is 0 Å². The topological polar surface area (TPSA) is 85.0 Å². The van der Waals surface area contributed by atoms with Crippen LogP contribution >= 0.6 is 0 Å². The molecule has 0 spiro atoms. The highest BCUT2D eigenvalue weighted by atomic mass is 16.2. The zero-order chi connectivity index (χ0) is 17.4. The number of amides is 2. The van der Waals surface area contributed by atoms with Gasteiger partial charge in [0.15, 0.2) is 5.65 Å². The fourth-order valence-electron chi connectivity index (χ4n) is 4.07. The molecule has 1 aliphatic carbocycles. The Hall–Kier alpha value is -2.38. The number of nitrogens with zero attached hydrogens (tertiary/aromatic N) is 5. The van der Waals surface area contributed by atoms with E-state index in [-0.39, 0.29) is 17.8 Å². The summed E-state index contributed by atoms with van der Waals surface area (Å²) < 4.78 is 3.28. The number of likely N-dealkylation sites (tertiary alicyclic amines) is 1. The third-order valence-corrected chi connectivity index (χ3v) is 5.50. The zero-order valence-corrected chi connectivity index (χ0v) is 14.5. The number of imidazole rings is 1. The van der Waals surface area contributed by atoms with Crippen LogP contribution < -0.4 is 11.0 Å². The molecule has 25 heavy (non-hydrogen) atoms. The van der Waals surface area contributed by atoms with Gasteiger partial charge in [-0.25, -0.2) is 19.6 Å². The molecule has 1 atom stereocenters. The first-order valence-electron chi connectivity index (χ1n) is 9.07. The van der Waals surface area contributed by atoms with Crippen LogP contribution in [0.4, 0.5) is 4.79 Å². The highest BCUT2D eigenvalue weighted by molar-refractivity contribution is 5.75. The lowest BCUT2D eigenvalue weighted by atomic mass is 9.96. The molecular weight excluding hydrogens is 320 g/mol. The summed E-state index contributed by atoms with van der Waals surface area (Å²) in [6.07, 6.45) is 9.68. The molecule has 134 valence electrons. The molecular formula is C17H24N6O2. The van der Waals surface area contributed by atoms with E-state index in [0.717, 1.165) is 24.8 Å². The van der Waals surface area contributed by atoms with Crippen LogP contribution in [0, 0.1) is 0 Å². The quantitative estimate of drug-likeness (QED) is 0.893. The average Bonchev–Trinajstić information content (AvgIpc) is 3.20. The van der Waals surface area contributed by atoms with Crippen LogP contribution in [0.3, 0.4) is 0 Å². The van der Waals surface area contributed by atoms with Gasteiger partial charge in [0.25, 0.3) is 0 Å². The molecule has 1 aliphatic heterocycles. The van der Waals surface area contributed by atoms with Crippen molar-refractivity contribution < 1.29 is 4.79 Å². The van der Waals surface area contributed by atoms with Crippen LogP contribution in [0.25, 0.3) is 11.2 Å². The van der Waals surface area contributed by atoms with E-state index in [1.54, 1.807) is 22.4 Å². The van der Waals surface area contributed by atoms with E-state index in [0.29, 0.717) is 24.8 Å². The largest absolute Gasteiger partial charge is 0.335 e. The number of aryl methyl sites for hydroxylation is 1. The Kier molecular flexibility index (Phi) is 4.19. The summed E-state index contributed by atoms with van der Waals surface area (Å²) in [5.74, 6) is 0. The van der Waals surface area contributed by atoms with Gasteiger partial charge in [0.05, 0.1) is 12.2 Å². The molecule has 0 unspecified atom stereocenters. The van der Waals surface area contributed by atoms with Gasteiger partial charge in [-0.15, -0.1) is 0 Å². The van der Waals surface area contributed by atoms with Crippen LogP contribution in [0.1, 0.15) is 44.6 Å². The van der Waals surface area contributed by atoms with Crippen LogP contribution in [-0.4, -0.2) is 49.2 Å². The van der Waals surface area contributed by atoms with Crippen molar-refractivity contribution in [3.63, 3.8) is 0 Å². The Balaban J connectivity index is 1.50. The third-order valence-electron chi connectivity index (χ3n) is 5.50. The maximum atomic E-state index is 12.6. The fourth-order valence-corrected chi connectivity index (χ4v) is 4.07. The number of hydrogen-bond donors (Lipinski definition) is 1. The normalized spacial score (nSPS) is 21.8. The Morgan fingerprint density at radius 1 is 1.24 bits per heavy atom. The van der Waals surface area contributed by atoms with Crippen LogP contribution in [0.5, 0.6) is 0 Å². The molecule has 8 heteroatoms. The number of carbonyl (C=O) groups excluding carboxylic acids is 1. The molecule has 4 rings (SSSR count). The second-order valence-corrected chi connectivity index (χ2v) is 7.12. The number of nitrogens with one attached hydrogen (secondary N) is 1. The van der Waals surface area contributed by atoms with Crippen molar-refractivity contribution in [1.29, 1.82) is 0 Å². The summed E-state index contributed by atoms with van der Waals surface area (Å²) in [7, 11) is 1.73. The molecule has 2 aromatic rings. The van der Waals surface area contributed by atoms with Gasteiger partial charge in [-0.2, -0.15) is 0 Å². The first-order chi connectivity index (χ1) is 12.1. The minimum atomic E-state index is -0.102. The summed E-state index contributed by atoms with van der Waals surface area (Å²) in [6.45, 7) is 1.21. The van der Waals surface area contributed by atoms with Gasteiger partial charge in [-0.1, -0.05) is 19.3 Å². The molecule has 2 amide bonds. The van der Waals surface area contributed by atoms with E-state index in [2.05, 4.69) is 15.3 Å². The second-order valence-electron chi connectivity index (χ2n) is 7.12.